The molecular formula is C16H22F3NO3. The van der Waals surface area contributed by atoms with Crippen molar-refractivity contribution in [2.24, 2.45) is 5.92 Å². The molecule has 1 unspecified atom stereocenters. The highest BCUT2D eigenvalue weighted by Gasteiger charge is 2.31. The molecule has 1 aromatic rings. The molecule has 1 aromatic carbocycles. The number of alkyl halides is 3. The zero-order chi connectivity index (χ0) is 17.5. The third-order valence-corrected chi connectivity index (χ3v) is 3.35. The van der Waals surface area contributed by atoms with Gasteiger partial charge >= 0.3 is 6.36 Å². The molecule has 0 aliphatic carbocycles. The average molecular weight is 333 g/mol. The second-order valence-corrected chi connectivity index (χ2v) is 5.61. The van der Waals surface area contributed by atoms with Crippen LogP contribution in [0.15, 0.2) is 24.3 Å². The van der Waals surface area contributed by atoms with Crippen LogP contribution < -0.4 is 10.1 Å². The molecule has 1 amide bonds. The minimum Gasteiger partial charge on any atom is -0.406 e. The van der Waals surface area contributed by atoms with E-state index in [1.54, 1.807) is 6.07 Å². The number of carbonyl (C=O) groups excluding carboxylic acids is 1. The van der Waals surface area contributed by atoms with Crippen LogP contribution in [0.5, 0.6) is 5.75 Å². The Hall–Kier alpha value is -1.76. The van der Waals surface area contributed by atoms with Crippen LogP contribution in [0, 0.1) is 5.92 Å². The number of hydrogen-bond donors (Lipinski definition) is 2. The van der Waals surface area contributed by atoms with Gasteiger partial charge in [0.2, 0.25) is 5.91 Å². The van der Waals surface area contributed by atoms with Crippen molar-refractivity contribution >= 4 is 5.91 Å². The molecule has 23 heavy (non-hydrogen) atoms. The number of halogens is 3. The average Bonchev–Trinajstić information content (AvgIpc) is 2.44. The lowest BCUT2D eigenvalue weighted by molar-refractivity contribution is -0.274. The second kappa shape index (κ2) is 8.76. The number of nitrogens with one attached hydrogen (secondary N) is 1. The van der Waals surface area contributed by atoms with E-state index in [9.17, 15) is 23.1 Å². The van der Waals surface area contributed by atoms with Crippen molar-refractivity contribution in [3.05, 3.63) is 29.8 Å². The molecule has 0 spiro atoms. The van der Waals surface area contributed by atoms with Crippen LogP contribution in [0.1, 0.15) is 32.3 Å². The molecule has 1 atom stereocenters. The molecular weight excluding hydrogens is 311 g/mol. The molecule has 2 N–H and O–H groups in total. The molecule has 0 saturated carbocycles. The number of carbonyl (C=O) groups is 1. The Bertz CT molecular complexity index is 504. The molecule has 0 aliphatic heterocycles. The van der Waals surface area contributed by atoms with E-state index in [1.807, 2.05) is 13.8 Å². The van der Waals surface area contributed by atoms with Gasteiger partial charge in [0.05, 0.1) is 6.10 Å². The maximum Gasteiger partial charge on any atom is 0.573 e. The Morgan fingerprint density at radius 1 is 1.30 bits per heavy atom. The lowest BCUT2D eigenvalue weighted by atomic mass is 10.0. The molecule has 0 saturated heterocycles. The summed E-state index contributed by atoms with van der Waals surface area (Å²) >= 11 is 0. The first-order valence-corrected chi connectivity index (χ1v) is 7.47. The summed E-state index contributed by atoms with van der Waals surface area (Å²) in [5.41, 5.74) is 0.321. The normalized spacial score (nSPS) is 13.0. The Morgan fingerprint density at radius 3 is 2.57 bits per heavy atom. The van der Waals surface area contributed by atoms with E-state index in [4.69, 9.17) is 0 Å². The largest absolute Gasteiger partial charge is 0.573 e. The van der Waals surface area contributed by atoms with Crippen LogP contribution in [0.4, 0.5) is 13.2 Å². The van der Waals surface area contributed by atoms with Gasteiger partial charge in [0.1, 0.15) is 5.75 Å². The fourth-order valence-electron chi connectivity index (χ4n) is 1.96. The second-order valence-electron chi connectivity index (χ2n) is 5.61. The molecule has 0 heterocycles. The van der Waals surface area contributed by atoms with Gasteiger partial charge in [-0.05, 0) is 30.4 Å². The number of aliphatic hydroxyl groups is 1. The van der Waals surface area contributed by atoms with Crippen LogP contribution in [-0.4, -0.2) is 30.0 Å². The minimum absolute atomic E-state index is 0.0516. The number of aliphatic hydroxyl groups excluding tert-OH is 1. The van der Waals surface area contributed by atoms with Crippen molar-refractivity contribution in [1.82, 2.24) is 5.32 Å². The van der Waals surface area contributed by atoms with E-state index in [0.29, 0.717) is 18.5 Å². The lowest BCUT2D eigenvalue weighted by Crippen LogP contribution is -2.28. The van der Waals surface area contributed by atoms with Gasteiger partial charge in [-0.15, -0.1) is 13.2 Å². The van der Waals surface area contributed by atoms with Crippen molar-refractivity contribution in [2.75, 3.05) is 6.54 Å². The van der Waals surface area contributed by atoms with E-state index < -0.39 is 12.5 Å². The quantitative estimate of drug-likeness (QED) is 0.769. The van der Waals surface area contributed by atoms with Gasteiger partial charge in [0, 0.05) is 13.0 Å². The maximum absolute atomic E-state index is 12.3. The molecule has 0 aliphatic rings. The molecule has 0 aromatic heterocycles. The van der Waals surface area contributed by atoms with Crippen LogP contribution in [-0.2, 0) is 11.2 Å². The molecule has 0 bridgehead atoms. The van der Waals surface area contributed by atoms with Crippen molar-refractivity contribution in [2.45, 2.75) is 45.6 Å². The van der Waals surface area contributed by atoms with Crippen LogP contribution in [0.3, 0.4) is 0 Å². The fraction of sp³-hybridized carbons (Fsp3) is 0.562. The molecule has 130 valence electrons. The third kappa shape index (κ3) is 7.88. The van der Waals surface area contributed by atoms with E-state index >= 15 is 0 Å². The number of rotatable bonds is 8. The predicted molar refractivity (Wildman–Crippen MR) is 79.9 cm³/mol. The summed E-state index contributed by atoms with van der Waals surface area (Å²) < 4.78 is 40.8. The highest BCUT2D eigenvalue weighted by atomic mass is 19.4. The van der Waals surface area contributed by atoms with Crippen LogP contribution in [0.25, 0.3) is 0 Å². The Kier molecular flexibility index (Phi) is 7.35. The third-order valence-electron chi connectivity index (χ3n) is 3.35. The van der Waals surface area contributed by atoms with E-state index in [0.717, 1.165) is 0 Å². The maximum atomic E-state index is 12.3. The first-order chi connectivity index (χ1) is 10.7. The SMILES string of the molecule is CC(C)C(O)CCNC(=O)CCc1ccccc1OC(F)(F)F. The molecule has 1 rings (SSSR count). The highest BCUT2D eigenvalue weighted by molar-refractivity contribution is 5.76. The smallest absolute Gasteiger partial charge is 0.406 e. The summed E-state index contributed by atoms with van der Waals surface area (Å²) in [5.74, 6) is -0.455. The van der Waals surface area contributed by atoms with Gasteiger partial charge < -0.3 is 15.2 Å². The number of benzene rings is 1. The van der Waals surface area contributed by atoms with E-state index in [1.165, 1.54) is 18.2 Å². The number of amides is 1. The summed E-state index contributed by atoms with van der Waals surface area (Å²) in [6.45, 7) is 4.09. The van der Waals surface area contributed by atoms with Gasteiger partial charge in [-0.25, -0.2) is 0 Å². The molecule has 0 radical (unpaired) electrons. The predicted octanol–water partition coefficient (Wildman–Crippen LogP) is 3.04. The van der Waals surface area contributed by atoms with Gasteiger partial charge in [0.15, 0.2) is 0 Å². The monoisotopic (exact) mass is 333 g/mol. The fourth-order valence-corrected chi connectivity index (χ4v) is 1.96. The summed E-state index contributed by atoms with van der Waals surface area (Å²) in [5, 5.41) is 12.3. The number of aryl methyl sites for hydroxylation is 1. The first kappa shape index (κ1) is 19.3. The van der Waals surface area contributed by atoms with E-state index in [-0.39, 0.29) is 30.4 Å². The van der Waals surface area contributed by atoms with Crippen LogP contribution in [0.2, 0.25) is 0 Å². The van der Waals surface area contributed by atoms with Gasteiger partial charge in [-0.3, -0.25) is 4.79 Å². The van der Waals surface area contributed by atoms with E-state index in [2.05, 4.69) is 10.1 Å². The summed E-state index contributed by atoms with van der Waals surface area (Å²) in [4.78, 5) is 11.7. The van der Waals surface area contributed by atoms with Gasteiger partial charge in [0.25, 0.3) is 0 Å². The Balaban J connectivity index is 2.44. The number of para-hydroxylation sites is 1. The summed E-state index contributed by atoms with van der Waals surface area (Å²) in [7, 11) is 0. The van der Waals surface area contributed by atoms with Gasteiger partial charge in [-0.1, -0.05) is 32.0 Å². The van der Waals surface area contributed by atoms with Crippen LogP contribution >= 0.6 is 0 Å². The molecule has 7 heteroatoms. The zero-order valence-corrected chi connectivity index (χ0v) is 13.2. The Labute approximate surface area is 133 Å². The zero-order valence-electron chi connectivity index (χ0n) is 13.2. The standard InChI is InChI=1S/C16H22F3NO3/c1-11(2)13(21)9-10-20-15(22)8-7-12-5-3-4-6-14(12)23-16(17,18)19/h3-6,11,13,21H,7-10H2,1-2H3,(H,20,22). The van der Waals surface area contributed by atoms with Crippen molar-refractivity contribution in [1.29, 1.82) is 0 Å². The summed E-state index contributed by atoms with van der Waals surface area (Å²) in [6.07, 6.45) is -4.61. The summed E-state index contributed by atoms with van der Waals surface area (Å²) in [6, 6.07) is 5.75. The molecule has 0 fully saturated rings. The molecule has 4 nitrogen and oxygen atoms in total. The number of ether oxygens (including phenoxy) is 1. The first-order valence-electron chi connectivity index (χ1n) is 7.47. The Morgan fingerprint density at radius 2 is 1.96 bits per heavy atom. The van der Waals surface area contributed by atoms with Crippen molar-refractivity contribution in [3.8, 4) is 5.75 Å². The minimum atomic E-state index is -4.76. The topological polar surface area (TPSA) is 58.6 Å². The highest BCUT2D eigenvalue weighted by Crippen LogP contribution is 2.26. The van der Waals surface area contributed by atoms with Crippen molar-refractivity contribution in [3.63, 3.8) is 0 Å². The lowest BCUT2D eigenvalue weighted by Gasteiger charge is -2.15. The number of hydrogen-bond acceptors (Lipinski definition) is 3. The van der Waals surface area contributed by atoms with Crippen molar-refractivity contribution < 1.29 is 27.8 Å². The van der Waals surface area contributed by atoms with Gasteiger partial charge in [-0.2, -0.15) is 0 Å².